The van der Waals surface area contributed by atoms with Crippen molar-refractivity contribution in [2.75, 3.05) is 0 Å². The molecule has 0 bridgehead atoms. The van der Waals surface area contributed by atoms with Crippen molar-refractivity contribution in [1.82, 2.24) is 0 Å². The molecule has 1 aromatic carbocycles. The van der Waals surface area contributed by atoms with E-state index in [1.165, 1.54) is 6.07 Å². The second-order valence-corrected chi connectivity index (χ2v) is 6.84. The number of nitrogens with two attached hydrogens (primary N) is 1. The molecule has 1 saturated heterocycles. The highest BCUT2D eigenvalue weighted by Gasteiger charge is 2.22. The SMILES string of the molecule is CC(=NC(C)C)C(Cc1ccccc1F)=C(N)OC1CCC[C@@H](C)O1. The molecule has 1 unspecified atom stereocenters. The molecule has 1 aliphatic heterocycles. The third-order valence-corrected chi connectivity index (χ3v) is 4.20. The molecule has 5 heteroatoms. The normalized spacial score (nSPS) is 22.7. The smallest absolute Gasteiger partial charge is 0.201 e. The van der Waals surface area contributed by atoms with E-state index in [1.807, 2.05) is 33.8 Å². The highest BCUT2D eigenvalue weighted by molar-refractivity contribution is 5.99. The second kappa shape index (κ2) is 8.99. The Hall–Kier alpha value is -1.88. The van der Waals surface area contributed by atoms with Crippen LogP contribution in [0.15, 0.2) is 40.7 Å². The van der Waals surface area contributed by atoms with Gasteiger partial charge in [-0.15, -0.1) is 0 Å². The molecule has 138 valence electrons. The number of nitrogens with zero attached hydrogens (tertiary/aromatic N) is 1. The van der Waals surface area contributed by atoms with Gasteiger partial charge in [-0.25, -0.2) is 4.39 Å². The predicted octanol–water partition coefficient (Wildman–Crippen LogP) is 4.34. The van der Waals surface area contributed by atoms with Gasteiger partial charge in [-0.05, 0) is 52.2 Å². The fraction of sp³-hybridized carbons (Fsp3) is 0.550. The van der Waals surface area contributed by atoms with Gasteiger partial charge in [0.15, 0.2) is 5.88 Å². The van der Waals surface area contributed by atoms with Gasteiger partial charge < -0.3 is 15.2 Å². The van der Waals surface area contributed by atoms with Gasteiger partial charge in [0.25, 0.3) is 0 Å². The Morgan fingerprint density at radius 2 is 2.08 bits per heavy atom. The van der Waals surface area contributed by atoms with Crippen molar-refractivity contribution in [3.05, 3.63) is 47.1 Å². The van der Waals surface area contributed by atoms with Gasteiger partial charge in [-0.2, -0.15) is 0 Å². The number of ether oxygens (including phenoxy) is 2. The summed E-state index contributed by atoms with van der Waals surface area (Å²) in [5.41, 5.74) is 8.29. The summed E-state index contributed by atoms with van der Waals surface area (Å²) in [6.07, 6.45) is 3.01. The minimum atomic E-state index is -0.355. The molecule has 1 aromatic rings. The summed E-state index contributed by atoms with van der Waals surface area (Å²) in [6, 6.07) is 6.81. The second-order valence-electron chi connectivity index (χ2n) is 6.84. The van der Waals surface area contributed by atoms with Crippen molar-refractivity contribution in [3.8, 4) is 0 Å². The molecular formula is C20H29FN2O2. The fourth-order valence-electron chi connectivity index (χ4n) is 2.96. The monoisotopic (exact) mass is 348 g/mol. The van der Waals surface area contributed by atoms with Crippen LogP contribution < -0.4 is 5.73 Å². The minimum Gasteiger partial charge on any atom is -0.450 e. The van der Waals surface area contributed by atoms with Crippen LogP contribution in [0.3, 0.4) is 0 Å². The Kier molecular flexibility index (Phi) is 7.00. The number of hydrogen-bond donors (Lipinski definition) is 1. The van der Waals surface area contributed by atoms with Crippen LogP contribution in [0, 0.1) is 5.82 Å². The Morgan fingerprint density at radius 1 is 1.36 bits per heavy atom. The van der Waals surface area contributed by atoms with E-state index in [9.17, 15) is 4.39 Å². The summed E-state index contributed by atoms with van der Waals surface area (Å²) < 4.78 is 25.7. The van der Waals surface area contributed by atoms with Gasteiger partial charge >= 0.3 is 0 Å². The molecule has 0 aliphatic carbocycles. The van der Waals surface area contributed by atoms with Gasteiger partial charge in [-0.1, -0.05) is 18.2 Å². The van der Waals surface area contributed by atoms with Crippen molar-refractivity contribution < 1.29 is 13.9 Å². The predicted molar refractivity (Wildman–Crippen MR) is 98.8 cm³/mol. The van der Waals surface area contributed by atoms with Crippen LogP contribution in [0.2, 0.25) is 0 Å². The number of aliphatic imine (C=N–C) groups is 1. The largest absolute Gasteiger partial charge is 0.450 e. The first kappa shape index (κ1) is 19.4. The lowest BCUT2D eigenvalue weighted by atomic mass is 10.0. The van der Waals surface area contributed by atoms with Crippen LogP contribution in [-0.4, -0.2) is 24.1 Å². The average molecular weight is 348 g/mol. The molecule has 1 heterocycles. The summed E-state index contributed by atoms with van der Waals surface area (Å²) in [4.78, 5) is 4.57. The molecule has 2 N–H and O–H groups in total. The van der Waals surface area contributed by atoms with Crippen molar-refractivity contribution in [1.29, 1.82) is 0 Å². The van der Waals surface area contributed by atoms with Gasteiger partial charge in [0.2, 0.25) is 6.29 Å². The number of benzene rings is 1. The van der Waals surface area contributed by atoms with E-state index >= 15 is 0 Å². The number of halogens is 1. The Morgan fingerprint density at radius 3 is 2.72 bits per heavy atom. The molecule has 1 aliphatic rings. The van der Waals surface area contributed by atoms with E-state index in [-0.39, 0.29) is 30.1 Å². The van der Waals surface area contributed by atoms with Crippen molar-refractivity contribution >= 4 is 5.71 Å². The zero-order chi connectivity index (χ0) is 18.4. The van der Waals surface area contributed by atoms with Crippen LogP contribution in [0.25, 0.3) is 0 Å². The Bertz CT molecular complexity index is 640. The van der Waals surface area contributed by atoms with Crippen molar-refractivity contribution in [2.24, 2.45) is 10.7 Å². The molecule has 0 aromatic heterocycles. The van der Waals surface area contributed by atoms with E-state index in [0.717, 1.165) is 25.0 Å². The molecule has 0 saturated carbocycles. The molecule has 2 atom stereocenters. The van der Waals surface area contributed by atoms with Crippen molar-refractivity contribution in [2.45, 2.75) is 71.8 Å². The molecule has 0 amide bonds. The summed E-state index contributed by atoms with van der Waals surface area (Å²) in [5, 5.41) is 0. The molecule has 0 radical (unpaired) electrons. The van der Waals surface area contributed by atoms with Gasteiger partial charge in [0.1, 0.15) is 5.82 Å². The average Bonchev–Trinajstić information content (AvgIpc) is 2.53. The fourth-order valence-corrected chi connectivity index (χ4v) is 2.96. The van der Waals surface area contributed by atoms with E-state index in [1.54, 1.807) is 12.1 Å². The molecule has 0 spiro atoms. The maximum Gasteiger partial charge on any atom is 0.201 e. The zero-order valence-corrected chi connectivity index (χ0v) is 15.6. The molecule has 25 heavy (non-hydrogen) atoms. The summed E-state index contributed by atoms with van der Waals surface area (Å²) in [5.74, 6) is 0.0111. The third-order valence-electron chi connectivity index (χ3n) is 4.20. The number of hydrogen-bond acceptors (Lipinski definition) is 4. The highest BCUT2D eigenvalue weighted by atomic mass is 19.1. The summed E-state index contributed by atoms with van der Waals surface area (Å²) in [6.45, 7) is 7.90. The van der Waals surface area contributed by atoms with Gasteiger partial charge in [0, 0.05) is 30.2 Å². The molecule has 4 nitrogen and oxygen atoms in total. The quantitative estimate of drug-likeness (QED) is 0.614. The maximum atomic E-state index is 14.1. The standard InChI is InChI=1S/C20H29FN2O2/c1-13(2)23-15(4)17(12-16-9-5-6-10-18(16)21)20(22)25-19-11-7-8-14(3)24-19/h5-6,9-10,13-14,19H,7-8,11-12,22H2,1-4H3/t14-,19?/m1/s1. The van der Waals surface area contributed by atoms with Crippen LogP contribution in [0.4, 0.5) is 4.39 Å². The topological polar surface area (TPSA) is 56.8 Å². The van der Waals surface area contributed by atoms with E-state index in [4.69, 9.17) is 15.2 Å². The lowest BCUT2D eigenvalue weighted by Gasteiger charge is -2.28. The minimum absolute atomic E-state index is 0.120. The van der Waals surface area contributed by atoms with Crippen LogP contribution >= 0.6 is 0 Å². The van der Waals surface area contributed by atoms with E-state index in [0.29, 0.717) is 17.6 Å². The number of rotatable bonds is 6. The first-order valence-corrected chi connectivity index (χ1v) is 8.95. The molecule has 2 rings (SSSR count). The van der Waals surface area contributed by atoms with Gasteiger partial charge in [-0.3, -0.25) is 4.99 Å². The highest BCUT2D eigenvalue weighted by Crippen LogP contribution is 2.23. The lowest BCUT2D eigenvalue weighted by Crippen LogP contribution is -2.30. The molecule has 1 fully saturated rings. The maximum absolute atomic E-state index is 14.1. The van der Waals surface area contributed by atoms with Crippen molar-refractivity contribution in [3.63, 3.8) is 0 Å². The Balaban J connectivity index is 2.27. The first-order valence-electron chi connectivity index (χ1n) is 8.95. The zero-order valence-electron chi connectivity index (χ0n) is 15.6. The van der Waals surface area contributed by atoms with E-state index in [2.05, 4.69) is 4.99 Å². The third kappa shape index (κ3) is 5.85. The first-order chi connectivity index (χ1) is 11.9. The Labute approximate surface area is 149 Å². The molecular weight excluding hydrogens is 319 g/mol. The summed E-state index contributed by atoms with van der Waals surface area (Å²) in [7, 11) is 0. The van der Waals surface area contributed by atoms with Crippen LogP contribution in [-0.2, 0) is 15.9 Å². The van der Waals surface area contributed by atoms with Gasteiger partial charge in [0.05, 0.1) is 6.10 Å². The summed E-state index contributed by atoms with van der Waals surface area (Å²) >= 11 is 0. The number of allylic oxidation sites excluding steroid dienone is 1. The van der Waals surface area contributed by atoms with Crippen LogP contribution in [0.1, 0.15) is 52.5 Å². The van der Waals surface area contributed by atoms with E-state index < -0.39 is 0 Å². The van der Waals surface area contributed by atoms with Crippen LogP contribution in [0.5, 0.6) is 0 Å². The lowest BCUT2D eigenvalue weighted by molar-refractivity contribution is -0.169.